The van der Waals surface area contributed by atoms with E-state index in [0.717, 1.165) is 10.9 Å². The van der Waals surface area contributed by atoms with Crippen LogP contribution < -0.4 is 15.0 Å². The van der Waals surface area contributed by atoms with Crippen molar-refractivity contribution in [3.8, 4) is 17.2 Å². The highest BCUT2D eigenvalue weighted by Crippen LogP contribution is 2.32. The van der Waals surface area contributed by atoms with Gasteiger partial charge in [-0.2, -0.15) is 0 Å². The van der Waals surface area contributed by atoms with Gasteiger partial charge >= 0.3 is 0 Å². The largest absolute Gasteiger partial charge is 0.497 e. The van der Waals surface area contributed by atoms with Crippen molar-refractivity contribution in [1.82, 2.24) is 19.4 Å². The van der Waals surface area contributed by atoms with E-state index in [1.807, 2.05) is 26.0 Å². The molecule has 0 saturated heterocycles. The number of hydrogen-bond donors (Lipinski definition) is 1. The van der Waals surface area contributed by atoms with Gasteiger partial charge in [-0.05, 0) is 62.4 Å². The predicted octanol–water partition coefficient (Wildman–Crippen LogP) is 4.10. The summed E-state index contributed by atoms with van der Waals surface area (Å²) >= 11 is 0. The van der Waals surface area contributed by atoms with Crippen molar-refractivity contribution in [3.63, 3.8) is 0 Å². The van der Waals surface area contributed by atoms with E-state index in [-0.39, 0.29) is 30.2 Å². The van der Waals surface area contributed by atoms with Crippen LogP contribution in [0, 0.1) is 12.3 Å². The summed E-state index contributed by atoms with van der Waals surface area (Å²) in [5.41, 5.74) is 2.10. The normalized spacial score (nSPS) is 12.9. The van der Waals surface area contributed by atoms with Crippen LogP contribution in [0.1, 0.15) is 40.4 Å². The number of aromatic nitrogens is 3. The molecule has 0 fully saturated rings. The van der Waals surface area contributed by atoms with Gasteiger partial charge in [-0.15, -0.1) is 0 Å². The average molecular weight is 521 g/mol. The number of hydrogen-bond acceptors (Lipinski definition) is 6. The fourth-order valence-corrected chi connectivity index (χ4v) is 4.89. The van der Waals surface area contributed by atoms with Crippen LogP contribution in [-0.4, -0.2) is 51.0 Å². The lowest BCUT2D eigenvalue weighted by atomic mass is 10.1. The number of aromatic amines is 1. The Hall–Kier alpha value is -5.10. The Balaban J connectivity index is 1.42. The summed E-state index contributed by atoms with van der Waals surface area (Å²) in [6.07, 6.45) is 2.82. The number of fused-ring (bicyclic) bond motifs is 3. The Kier molecular flexibility index (Phi) is 5.80. The second kappa shape index (κ2) is 9.33. The van der Waals surface area contributed by atoms with Gasteiger partial charge < -0.3 is 14.5 Å². The first kappa shape index (κ1) is 24.2. The summed E-state index contributed by atoms with van der Waals surface area (Å²) in [6.45, 7) is 3.75. The Morgan fingerprint density at radius 2 is 1.87 bits per heavy atom. The Morgan fingerprint density at radius 1 is 1.03 bits per heavy atom. The molecule has 0 radical (unpaired) electrons. The molecular formula is C30H24N4O5. The summed E-state index contributed by atoms with van der Waals surface area (Å²) in [5, 5.41) is 1.25. The van der Waals surface area contributed by atoms with Gasteiger partial charge in [0.25, 0.3) is 17.4 Å². The Morgan fingerprint density at radius 3 is 2.67 bits per heavy atom. The molecule has 1 aliphatic rings. The zero-order valence-corrected chi connectivity index (χ0v) is 21.6. The van der Waals surface area contributed by atoms with Gasteiger partial charge in [-0.1, -0.05) is 6.07 Å². The minimum atomic E-state index is -0.429. The van der Waals surface area contributed by atoms with Crippen LogP contribution in [0.15, 0.2) is 59.4 Å². The van der Waals surface area contributed by atoms with E-state index in [2.05, 4.69) is 17.2 Å². The van der Waals surface area contributed by atoms with Crippen LogP contribution in [0.3, 0.4) is 0 Å². The van der Waals surface area contributed by atoms with Crippen molar-refractivity contribution in [2.45, 2.75) is 26.4 Å². The van der Waals surface area contributed by atoms with Gasteiger partial charge in [0.2, 0.25) is 0 Å². The molecule has 9 nitrogen and oxygen atoms in total. The molecule has 3 aromatic carbocycles. The number of carbonyl (C=O) groups excluding carboxylic acids is 2. The van der Waals surface area contributed by atoms with E-state index in [1.165, 1.54) is 9.47 Å². The number of nitrogens with one attached hydrogen (secondary N) is 1. The van der Waals surface area contributed by atoms with Gasteiger partial charge in [0.15, 0.2) is 0 Å². The molecule has 0 aliphatic carbocycles. The number of nitrogens with zero attached hydrogens (tertiary/aromatic N) is 3. The smallest absolute Gasteiger partial charge is 0.265 e. The number of methoxy groups -OCH3 is 1. The maximum Gasteiger partial charge on any atom is 0.265 e. The van der Waals surface area contributed by atoms with Crippen LogP contribution >= 0.6 is 0 Å². The van der Waals surface area contributed by atoms with Crippen LogP contribution in [0.25, 0.3) is 27.5 Å². The van der Waals surface area contributed by atoms with Crippen LogP contribution in [0.2, 0.25) is 0 Å². The highest BCUT2D eigenvalue weighted by atomic mass is 16.5. The Bertz CT molecular complexity index is 1840. The first-order valence-electron chi connectivity index (χ1n) is 12.5. The third kappa shape index (κ3) is 4.07. The fourth-order valence-electron chi connectivity index (χ4n) is 4.89. The monoisotopic (exact) mass is 520 g/mol. The molecule has 0 bridgehead atoms. The summed E-state index contributed by atoms with van der Waals surface area (Å²) < 4.78 is 12.6. The topological polar surface area (TPSA) is 107 Å². The highest BCUT2D eigenvalue weighted by Gasteiger charge is 2.38. The zero-order chi connectivity index (χ0) is 27.3. The molecule has 2 amide bonds. The zero-order valence-electron chi connectivity index (χ0n) is 21.6. The standard InChI is InChI=1S/C30H24N4O5/c1-17(2)39-25-6-4-5-22-27(25)30(37)33(28(22)35)14-12-26-32-24-16-20(38-3)9-10-21(24)29(36)34(26)19-8-7-18-11-13-31-23(18)15-19/h4-10,15-17,31H,12,14H2,1-3H3. The van der Waals surface area contributed by atoms with Crippen molar-refractivity contribution in [3.05, 3.63) is 94.2 Å². The van der Waals surface area contributed by atoms with Gasteiger partial charge in [-0.25, -0.2) is 4.98 Å². The first-order chi connectivity index (χ1) is 18.9. The molecular weight excluding hydrogens is 496 g/mol. The third-order valence-corrected chi connectivity index (χ3v) is 6.68. The van der Waals surface area contributed by atoms with Gasteiger partial charge in [-0.3, -0.25) is 23.9 Å². The molecule has 39 heavy (non-hydrogen) atoms. The number of ether oxygens (including phenoxy) is 2. The van der Waals surface area contributed by atoms with Crippen LogP contribution in [0.5, 0.6) is 11.5 Å². The lowest BCUT2D eigenvalue weighted by Crippen LogP contribution is -2.33. The minimum absolute atomic E-state index is 0.0294. The SMILES string of the molecule is COc1ccc2c(=O)n(-c3ccc4c#c[nH]c4c3)c(CCN3C(=O)c4cccc(OC(C)C)c4C3=O)nc2c1. The van der Waals surface area contributed by atoms with E-state index in [4.69, 9.17) is 14.5 Å². The molecule has 2 aromatic heterocycles. The summed E-state index contributed by atoms with van der Waals surface area (Å²) in [4.78, 5) is 49.3. The van der Waals surface area contributed by atoms with Crippen molar-refractivity contribution in [1.29, 1.82) is 0 Å². The van der Waals surface area contributed by atoms with E-state index < -0.39 is 11.8 Å². The molecule has 0 saturated carbocycles. The quantitative estimate of drug-likeness (QED) is 0.324. The number of benzene rings is 3. The first-order valence-corrected chi connectivity index (χ1v) is 12.5. The second-order valence-electron chi connectivity index (χ2n) is 9.51. The minimum Gasteiger partial charge on any atom is -0.497 e. The van der Waals surface area contributed by atoms with Gasteiger partial charge in [0.05, 0.1) is 51.8 Å². The maximum absolute atomic E-state index is 13.8. The van der Waals surface area contributed by atoms with Crippen molar-refractivity contribution >= 4 is 33.6 Å². The van der Waals surface area contributed by atoms with E-state index in [9.17, 15) is 14.4 Å². The number of rotatable bonds is 7. The Labute approximate surface area is 223 Å². The van der Waals surface area contributed by atoms with Crippen molar-refractivity contribution in [2.24, 2.45) is 0 Å². The van der Waals surface area contributed by atoms with Crippen molar-refractivity contribution < 1.29 is 19.1 Å². The fraction of sp³-hybridized carbons (Fsp3) is 0.200. The molecule has 9 heteroatoms. The second-order valence-corrected chi connectivity index (χ2v) is 9.51. The van der Waals surface area contributed by atoms with Gasteiger partial charge in [0.1, 0.15) is 17.3 Å². The third-order valence-electron chi connectivity index (χ3n) is 6.68. The number of amides is 2. The molecule has 0 spiro atoms. The number of carbonyl (C=O) groups is 2. The molecule has 5 aromatic rings. The molecule has 1 N–H and O–H groups in total. The molecule has 194 valence electrons. The predicted molar refractivity (Wildman–Crippen MR) is 145 cm³/mol. The lowest BCUT2D eigenvalue weighted by molar-refractivity contribution is 0.0654. The van der Waals surface area contributed by atoms with E-state index in [0.29, 0.717) is 39.5 Å². The molecule has 3 heterocycles. The van der Waals surface area contributed by atoms with Crippen LogP contribution in [0.4, 0.5) is 0 Å². The summed E-state index contributed by atoms with van der Waals surface area (Å²) in [6, 6.07) is 18.5. The van der Waals surface area contributed by atoms with E-state index >= 15 is 0 Å². The number of imide groups is 1. The highest BCUT2D eigenvalue weighted by molar-refractivity contribution is 6.22. The summed E-state index contributed by atoms with van der Waals surface area (Å²) in [7, 11) is 1.54. The molecule has 1 aliphatic heterocycles. The van der Waals surface area contributed by atoms with E-state index in [1.54, 1.807) is 49.6 Å². The average Bonchev–Trinajstić information content (AvgIpc) is 3.49. The molecule has 0 atom stereocenters. The maximum atomic E-state index is 13.8. The number of H-pyrrole nitrogens is 1. The van der Waals surface area contributed by atoms with Crippen molar-refractivity contribution in [2.75, 3.05) is 13.7 Å². The lowest BCUT2D eigenvalue weighted by Gasteiger charge is -2.18. The molecule has 0 unspecified atom stereocenters. The molecule has 6 rings (SSSR count). The summed E-state index contributed by atoms with van der Waals surface area (Å²) in [5.74, 6) is 0.509. The van der Waals surface area contributed by atoms with Crippen LogP contribution in [-0.2, 0) is 6.42 Å². The van der Waals surface area contributed by atoms with Gasteiger partial charge in [0, 0.05) is 25.2 Å².